The number of nitrogens with one attached hydrogen (secondary N) is 2. The molecule has 2 unspecified atom stereocenters. The molecule has 2 saturated heterocycles. The lowest BCUT2D eigenvalue weighted by molar-refractivity contribution is -0.0236. The molecule has 0 radical (unpaired) electrons. The van der Waals surface area contributed by atoms with E-state index in [1.165, 1.54) is 0 Å². The smallest absolute Gasteiger partial charge is 0.330 e. The number of sulfone groups is 1. The zero-order valence-electron chi connectivity index (χ0n) is 6.11. The molecule has 0 bridgehead atoms. The highest BCUT2D eigenvalue weighted by Crippen LogP contribution is 2.16. The highest BCUT2D eigenvalue weighted by Gasteiger charge is 2.42. The Morgan fingerprint density at radius 3 is 2.92 bits per heavy atom. The number of hydrogen-bond acceptors (Lipinski definition) is 4. The fourth-order valence-electron chi connectivity index (χ4n) is 1.39. The monoisotopic (exact) mass is 192 g/mol. The molecule has 12 heavy (non-hydrogen) atoms. The number of amides is 2. The normalized spacial score (nSPS) is 38.2. The van der Waals surface area contributed by atoms with Gasteiger partial charge in [0.05, 0.1) is 17.5 Å². The third-order valence-electron chi connectivity index (χ3n) is 1.92. The van der Waals surface area contributed by atoms with Gasteiger partial charge in [-0.15, -0.1) is 0 Å². The summed E-state index contributed by atoms with van der Waals surface area (Å²) in [5.41, 5.74) is 2.08. The maximum Gasteiger partial charge on any atom is 0.339 e. The van der Waals surface area contributed by atoms with Crippen molar-refractivity contribution in [2.45, 2.75) is 12.1 Å². The molecule has 2 atom stereocenters. The largest absolute Gasteiger partial charge is 0.339 e. The zero-order chi connectivity index (χ0) is 8.77. The number of hydroxylamine groups is 1. The van der Waals surface area contributed by atoms with Gasteiger partial charge in [-0.3, -0.25) is 4.84 Å². The number of hydrogen-bond donors (Lipinski definition) is 2. The first-order chi connectivity index (χ1) is 5.57. The molecule has 7 heteroatoms. The molecule has 2 aliphatic heterocycles. The molecule has 2 fully saturated rings. The zero-order valence-corrected chi connectivity index (χ0v) is 6.93. The van der Waals surface area contributed by atoms with Gasteiger partial charge in [0, 0.05) is 0 Å². The second-order valence-corrected chi connectivity index (χ2v) is 5.07. The van der Waals surface area contributed by atoms with Crippen LogP contribution in [0, 0.1) is 0 Å². The number of urea groups is 1. The van der Waals surface area contributed by atoms with E-state index in [2.05, 4.69) is 10.8 Å². The molecule has 0 spiro atoms. The average molecular weight is 192 g/mol. The van der Waals surface area contributed by atoms with Crippen molar-refractivity contribution >= 4 is 15.9 Å². The van der Waals surface area contributed by atoms with Gasteiger partial charge in [-0.2, -0.15) is 0 Å². The lowest BCUT2D eigenvalue weighted by Crippen LogP contribution is -2.55. The lowest BCUT2D eigenvalue weighted by atomic mass is 10.2. The minimum absolute atomic E-state index is 0.0227. The van der Waals surface area contributed by atoms with E-state index in [-0.39, 0.29) is 17.5 Å². The predicted molar refractivity (Wildman–Crippen MR) is 39.0 cm³/mol. The van der Waals surface area contributed by atoms with Crippen LogP contribution >= 0.6 is 0 Å². The summed E-state index contributed by atoms with van der Waals surface area (Å²) in [6.07, 6.45) is -0.437. The first-order valence-corrected chi connectivity index (χ1v) is 5.31. The Morgan fingerprint density at radius 2 is 2.17 bits per heavy atom. The summed E-state index contributed by atoms with van der Waals surface area (Å²) < 4.78 is 22.1. The summed E-state index contributed by atoms with van der Waals surface area (Å²) in [7, 11) is -3.03. The van der Waals surface area contributed by atoms with E-state index in [1.807, 2.05) is 0 Å². The Kier molecular flexibility index (Phi) is 1.52. The van der Waals surface area contributed by atoms with Gasteiger partial charge in [0.1, 0.15) is 6.10 Å². The second kappa shape index (κ2) is 2.33. The molecule has 2 amide bonds. The summed E-state index contributed by atoms with van der Waals surface area (Å²) in [6, 6.07) is -0.864. The topological polar surface area (TPSA) is 84.5 Å². The van der Waals surface area contributed by atoms with E-state index >= 15 is 0 Å². The molecule has 2 aliphatic rings. The number of fused-ring (bicyclic) bond motifs is 1. The van der Waals surface area contributed by atoms with E-state index < -0.39 is 22.0 Å². The maximum atomic E-state index is 11.0. The van der Waals surface area contributed by atoms with Gasteiger partial charge in [-0.25, -0.2) is 18.7 Å². The van der Waals surface area contributed by atoms with Crippen molar-refractivity contribution in [1.29, 1.82) is 0 Å². The summed E-state index contributed by atoms with van der Waals surface area (Å²) in [6.45, 7) is 0. The lowest BCUT2D eigenvalue weighted by Gasteiger charge is -2.24. The van der Waals surface area contributed by atoms with Gasteiger partial charge in [0.25, 0.3) is 0 Å². The molecule has 0 aromatic rings. The third-order valence-corrected chi connectivity index (χ3v) is 3.62. The molecule has 2 N–H and O–H groups in total. The minimum Gasteiger partial charge on any atom is -0.330 e. The van der Waals surface area contributed by atoms with Gasteiger partial charge in [-0.05, 0) is 0 Å². The number of carbonyl (C=O) groups excluding carboxylic acids is 1. The van der Waals surface area contributed by atoms with Crippen LogP contribution in [0.25, 0.3) is 0 Å². The second-order valence-electron chi connectivity index (χ2n) is 2.92. The molecule has 0 aromatic heterocycles. The summed E-state index contributed by atoms with van der Waals surface area (Å²) in [4.78, 5) is 15.5. The molecular weight excluding hydrogens is 184 g/mol. The van der Waals surface area contributed by atoms with E-state index in [9.17, 15) is 13.2 Å². The van der Waals surface area contributed by atoms with Crippen LogP contribution in [0.15, 0.2) is 0 Å². The van der Waals surface area contributed by atoms with Crippen molar-refractivity contribution in [1.82, 2.24) is 10.8 Å². The summed E-state index contributed by atoms with van der Waals surface area (Å²) in [5, 5.41) is 2.48. The maximum absolute atomic E-state index is 11.0. The quantitative estimate of drug-likeness (QED) is 0.484. The average Bonchev–Trinajstić information content (AvgIpc) is 2.21. The fourth-order valence-corrected chi connectivity index (χ4v) is 3.18. The van der Waals surface area contributed by atoms with Crippen LogP contribution in [0.1, 0.15) is 0 Å². The van der Waals surface area contributed by atoms with Crippen LogP contribution in [-0.2, 0) is 14.7 Å². The van der Waals surface area contributed by atoms with Crippen molar-refractivity contribution in [2.24, 2.45) is 0 Å². The van der Waals surface area contributed by atoms with E-state index in [0.717, 1.165) is 0 Å². The van der Waals surface area contributed by atoms with Crippen LogP contribution in [0.2, 0.25) is 0 Å². The van der Waals surface area contributed by atoms with Gasteiger partial charge < -0.3 is 5.32 Å². The van der Waals surface area contributed by atoms with Crippen molar-refractivity contribution in [2.75, 3.05) is 11.5 Å². The highest BCUT2D eigenvalue weighted by atomic mass is 32.2. The predicted octanol–water partition coefficient (Wildman–Crippen LogP) is -1.60. The Labute approximate surface area is 69.1 Å². The van der Waals surface area contributed by atoms with Crippen LogP contribution in [0.4, 0.5) is 4.79 Å². The Balaban J connectivity index is 2.17. The third kappa shape index (κ3) is 1.25. The molecule has 6 nitrogen and oxygen atoms in total. The molecule has 0 saturated carbocycles. The molecule has 2 rings (SSSR count). The minimum atomic E-state index is -3.03. The van der Waals surface area contributed by atoms with Gasteiger partial charge in [0.2, 0.25) is 0 Å². The Bertz CT molecular complexity index is 311. The van der Waals surface area contributed by atoms with Crippen molar-refractivity contribution in [3.63, 3.8) is 0 Å². The Hall–Kier alpha value is -0.820. The molecule has 68 valence electrons. The number of rotatable bonds is 0. The van der Waals surface area contributed by atoms with Gasteiger partial charge in [0.15, 0.2) is 9.84 Å². The van der Waals surface area contributed by atoms with Gasteiger partial charge in [-0.1, -0.05) is 0 Å². The SMILES string of the molecule is O=C1NOC2CS(=O)(=O)CC2N1. The summed E-state index contributed by atoms with van der Waals surface area (Å²) in [5.74, 6) is -0.0456. The molecule has 0 aliphatic carbocycles. The van der Waals surface area contributed by atoms with E-state index in [1.54, 1.807) is 0 Å². The van der Waals surface area contributed by atoms with E-state index in [0.29, 0.717) is 0 Å². The number of carbonyl (C=O) groups is 1. The van der Waals surface area contributed by atoms with E-state index in [4.69, 9.17) is 4.84 Å². The summed E-state index contributed by atoms with van der Waals surface area (Å²) >= 11 is 0. The molecule has 0 aromatic carbocycles. The van der Waals surface area contributed by atoms with Crippen molar-refractivity contribution in [3.05, 3.63) is 0 Å². The first kappa shape index (κ1) is 7.81. The van der Waals surface area contributed by atoms with Crippen LogP contribution in [0.3, 0.4) is 0 Å². The fraction of sp³-hybridized carbons (Fsp3) is 0.800. The standard InChI is InChI=1S/C5H8N2O4S/c8-5-6-3-1-12(9,10)2-4(3)11-7-5/h3-4H,1-2H2,(H2,6,7,8). The molecule has 2 heterocycles. The highest BCUT2D eigenvalue weighted by molar-refractivity contribution is 7.91. The Morgan fingerprint density at radius 1 is 1.42 bits per heavy atom. The van der Waals surface area contributed by atoms with Crippen LogP contribution in [0.5, 0.6) is 0 Å². The van der Waals surface area contributed by atoms with Crippen molar-refractivity contribution in [3.8, 4) is 0 Å². The van der Waals surface area contributed by atoms with Crippen molar-refractivity contribution < 1.29 is 18.0 Å². The first-order valence-electron chi connectivity index (χ1n) is 3.49. The molecular formula is C5H8N2O4S. The van der Waals surface area contributed by atoms with Crippen LogP contribution in [-0.4, -0.2) is 38.1 Å². The van der Waals surface area contributed by atoms with Crippen LogP contribution < -0.4 is 10.8 Å². The van der Waals surface area contributed by atoms with Gasteiger partial charge >= 0.3 is 6.03 Å².